The van der Waals surface area contributed by atoms with E-state index in [0.29, 0.717) is 28.8 Å². The van der Waals surface area contributed by atoms with Gasteiger partial charge in [-0.2, -0.15) is 10.2 Å². The highest BCUT2D eigenvalue weighted by atomic mass is 16.5. The van der Waals surface area contributed by atoms with Crippen LogP contribution in [-0.4, -0.2) is 10.6 Å². The SMILES string of the molecule is CC(C)(C)Oc1nc(Oc2ccccc2C#N)ccc1N. The van der Waals surface area contributed by atoms with Gasteiger partial charge in [-0.1, -0.05) is 12.1 Å². The van der Waals surface area contributed by atoms with E-state index in [9.17, 15) is 0 Å². The summed E-state index contributed by atoms with van der Waals surface area (Å²) in [5.74, 6) is 1.08. The summed E-state index contributed by atoms with van der Waals surface area (Å²) >= 11 is 0. The highest BCUT2D eigenvalue weighted by molar-refractivity contribution is 5.51. The summed E-state index contributed by atoms with van der Waals surface area (Å²) in [5.41, 5.74) is 6.31. The van der Waals surface area contributed by atoms with E-state index in [1.165, 1.54) is 0 Å². The number of nitrogen functional groups attached to an aromatic ring is 1. The fourth-order valence-electron chi connectivity index (χ4n) is 1.62. The molecule has 0 radical (unpaired) electrons. The number of nitrogens with zero attached hydrogens (tertiary/aromatic N) is 2. The topological polar surface area (TPSA) is 81.2 Å². The molecule has 0 saturated heterocycles. The highest BCUT2D eigenvalue weighted by Gasteiger charge is 2.16. The van der Waals surface area contributed by atoms with Crippen LogP contribution in [0.3, 0.4) is 0 Å². The molecule has 2 N–H and O–H groups in total. The maximum Gasteiger partial charge on any atom is 0.241 e. The molecular formula is C16H17N3O2. The molecule has 2 rings (SSSR count). The minimum Gasteiger partial charge on any atom is -0.470 e. The molecule has 0 saturated carbocycles. The van der Waals surface area contributed by atoms with Gasteiger partial charge in [0.1, 0.15) is 17.4 Å². The van der Waals surface area contributed by atoms with Crippen molar-refractivity contribution < 1.29 is 9.47 Å². The van der Waals surface area contributed by atoms with Crippen molar-refractivity contribution in [1.82, 2.24) is 4.98 Å². The quantitative estimate of drug-likeness (QED) is 0.932. The van der Waals surface area contributed by atoms with Crippen molar-refractivity contribution in [2.24, 2.45) is 0 Å². The molecule has 0 aliphatic carbocycles. The summed E-state index contributed by atoms with van der Waals surface area (Å²) in [4.78, 5) is 4.25. The molecule has 0 amide bonds. The smallest absolute Gasteiger partial charge is 0.241 e. The molecule has 21 heavy (non-hydrogen) atoms. The van der Waals surface area contributed by atoms with Gasteiger partial charge in [0.15, 0.2) is 0 Å². The van der Waals surface area contributed by atoms with Crippen molar-refractivity contribution in [1.29, 1.82) is 5.26 Å². The van der Waals surface area contributed by atoms with Crippen molar-refractivity contribution in [2.45, 2.75) is 26.4 Å². The van der Waals surface area contributed by atoms with E-state index in [0.717, 1.165) is 0 Å². The summed E-state index contributed by atoms with van der Waals surface area (Å²) in [6.07, 6.45) is 0. The van der Waals surface area contributed by atoms with E-state index in [1.54, 1.807) is 36.4 Å². The second-order valence-corrected chi connectivity index (χ2v) is 5.47. The number of pyridine rings is 1. The molecule has 2 aromatic rings. The lowest BCUT2D eigenvalue weighted by Crippen LogP contribution is -2.24. The third-order valence-corrected chi connectivity index (χ3v) is 2.49. The van der Waals surface area contributed by atoms with E-state index in [1.807, 2.05) is 20.8 Å². The second-order valence-electron chi connectivity index (χ2n) is 5.47. The molecule has 1 aromatic heterocycles. The standard InChI is InChI=1S/C16H17N3O2/c1-16(2,3)21-15-12(18)8-9-14(19-15)20-13-7-5-4-6-11(13)10-17/h4-9H,18H2,1-3H3. The van der Waals surface area contributed by atoms with Gasteiger partial charge >= 0.3 is 0 Å². The van der Waals surface area contributed by atoms with Crippen LogP contribution in [0.4, 0.5) is 5.69 Å². The van der Waals surface area contributed by atoms with E-state index >= 15 is 0 Å². The Kier molecular flexibility index (Phi) is 3.99. The number of para-hydroxylation sites is 1. The third kappa shape index (κ3) is 3.86. The summed E-state index contributed by atoms with van der Waals surface area (Å²) in [5, 5.41) is 9.05. The molecule has 5 heteroatoms. The molecule has 0 aliphatic rings. The first-order valence-electron chi connectivity index (χ1n) is 6.51. The largest absolute Gasteiger partial charge is 0.470 e. The van der Waals surface area contributed by atoms with Crippen molar-refractivity contribution >= 4 is 5.69 Å². The average Bonchev–Trinajstić information content (AvgIpc) is 2.41. The first kappa shape index (κ1) is 14.7. The van der Waals surface area contributed by atoms with Gasteiger partial charge in [0.05, 0.1) is 11.3 Å². The van der Waals surface area contributed by atoms with Crippen molar-refractivity contribution in [3.05, 3.63) is 42.0 Å². The van der Waals surface area contributed by atoms with Crippen LogP contribution >= 0.6 is 0 Å². The zero-order chi connectivity index (χ0) is 15.5. The molecule has 0 spiro atoms. The minimum absolute atomic E-state index is 0.314. The second kappa shape index (κ2) is 5.71. The molecule has 0 unspecified atom stereocenters. The molecule has 1 aromatic carbocycles. The fraction of sp³-hybridized carbons (Fsp3) is 0.250. The number of rotatable bonds is 3. The van der Waals surface area contributed by atoms with Crippen LogP contribution in [0.5, 0.6) is 17.5 Å². The van der Waals surface area contributed by atoms with Crippen LogP contribution in [0.25, 0.3) is 0 Å². The van der Waals surface area contributed by atoms with Gasteiger partial charge in [0, 0.05) is 6.07 Å². The van der Waals surface area contributed by atoms with Gasteiger partial charge in [-0.25, -0.2) is 0 Å². The van der Waals surface area contributed by atoms with Crippen LogP contribution in [-0.2, 0) is 0 Å². The van der Waals surface area contributed by atoms with Crippen molar-refractivity contribution in [3.8, 4) is 23.6 Å². The zero-order valence-electron chi connectivity index (χ0n) is 12.3. The Hall–Kier alpha value is -2.74. The maximum atomic E-state index is 9.05. The number of hydrogen-bond acceptors (Lipinski definition) is 5. The van der Waals surface area contributed by atoms with Gasteiger partial charge < -0.3 is 15.2 Å². The lowest BCUT2D eigenvalue weighted by Gasteiger charge is -2.21. The Labute approximate surface area is 123 Å². The Morgan fingerprint density at radius 3 is 2.52 bits per heavy atom. The molecule has 1 heterocycles. The predicted molar refractivity (Wildman–Crippen MR) is 80.3 cm³/mol. The summed E-state index contributed by atoms with van der Waals surface area (Å²) in [7, 11) is 0. The zero-order valence-corrected chi connectivity index (χ0v) is 12.3. The van der Waals surface area contributed by atoms with Gasteiger partial charge in [0.25, 0.3) is 0 Å². The van der Waals surface area contributed by atoms with E-state index in [-0.39, 0.29) is 0 Å². The minimum atomic E-state index is -0.412. The lowest BCUT2D eigenvalue weighted by atomic mass is 10.2. The highest BCUT2D eigenvalue weighted by Crippen LogP contribution is 2.29. The Balaban J connectivity index is 2.29. The van der Waals surface area contributed by atoms with Crippen LogP contribution in [0.15, 0.2) is 36.4 Å². The van der Waals surface area contributed by atoms with Gasteiger partial charge in [0.2, 0.25) is 11.8 Å². The first-order valence-corrected chi connectivity index (χ1v) is 6.51. The van der Waals surface area contributed by atoms with Gasteiger partial charge in [-0.05, 0) is 39.0 Å². The Bertz CT molecular complexity index is 685. The van der Waals surface area contributed by atoms with E-state index in [2.05, 4.69) is 11.1 Å². The number of nitriles is 1. The number of aromatic nitrogens is 1. The first-order chi connectivity index (χ1) is 9.89. The Morgan fingerprint density at radius 2 is 1.86 bits per heavy atom. The number of nitrogens with two attached hydrogens (primary N) is 1. The van der Waals surface area contributed by atoms with Gasteiger partial charge in [-0.3, -0.25) is 0 Å². The Morgan fingerprint density at radius 1 is 1.14 bits per heavy atom. The summed E-state index contributed by atoms with van der Waals surface area (Å²) < 4.78 is 11.3. The fourth-order valence-corrected chi connectivity index (χ4v) is 1.62. The van der Waals surface area contributed by atoms with E-state index < -0.39 is 5.60 Å². The lowest BCUT2D eigenvalue weighted by molar-refractivity contribution is 0.124. The monoisotopic (exact) mass is 283 g/mol. The van der Waals surface area contributed by atoms with Crippen LogP contribution in [0, 0.1) is 11.3 Å². The van der Waals surface area contributed by atoms with Gasteiger partial charge in [-0.15, -0.1) is 0 Å². The van der Waals surface area contributed by atoms with Crippen molar-refractivity contribution in [2.75, 3.05) is 5.73 Å². The third-order valence-electron chi connectivity index (χ3n) is 2.49. The van der Waals surface area contributed by atoms with Crippen LogP contribution in [0.1, 0.15) is 26.3 Å². The number of anilines is 1. The predicted octanol–water partition coefficient (Wildman–Crippen LogP) is 3.51. The molecular weight excluding hydrogens is 266 g/mol. The normalized spacial score (nSPS) is 10.8. The number of hydrogen-bond donors (Lipinski definition) is 1. The molecule has 0 bridgehead atoms. The van der Waals surface area contributed by atoms with Crippen LogP contribution in [0.2, 0.25) is 0 Å². The average molecular weight is 283 g/mol. The molecule has 0 aliphatic heterocycles. The summed E-state index contributed by atoms with van der Waals surface area (Å²) in [6, 6.07) is 12.3. The van der Waals surface area contributed by atoms with Crippen LogP contribution < -0.4 is 15.2 Å². The summed E-state index contributed by atoms with van der Waals surface area (Å²) in [6.45, 7) is 5.73. The maximum absolute atomic E-state index is 9.05. The number of benzene rings is 1. The van der Waals surface area contributed by atoms with E-state index in [4.69, 9.17) is 20.5 Å². The van der Waals surface area contributed by atoms with Crippen molar-refractivity contribution in [3.63, 3.8) is 0 Å². The molecule has 0 fully saturated rings. The molecule has 0 atom stereocenters. The number of ether oxygens (including phenoxy) is 2. The molecule has 108 valence electrons. The molecule has 5 nitrogen and oxygen atoms in total.